The summed E-state index contributed by atoms with van der Waals surface area (Å²) >= 11 is 1.33. The van der Waals surface area contributed by atoms with Crippen LogP contribution in [0.3, 0.4) is 0 Å². The molecule has 2 atom stereocenters. The van der Waals surface area contributed by atoms with Crippen molar-refractivity contribution in [3.63, 3.8) is 0 Å². The van der Waals surface area contributed by atoms with E-state index < -0.39 is 46.1 Å². The molecule has 29 heavy (non-hydrogen) atoms. The third kappa shape index (κ3) is 6.02. The summed E-state index contributed by atoms with van der Waals surface area (Å²) < 4.78 is 144. The highest BCUT2D eigenvalue weighted by Crippen LogP contribution is 2.59. The fraction of sp³-hybridized carbons (Fsp3) is 1.00. The van der Waals surface area contributed by atoms with E-state index in [0.29, 0.717) is 12.8 Å². The van der Waals surface area contributed by atoms with Gasteiger partial charge in [-0.15, -0.1) is 0 Å². The van der Waals surface area contributed by atoms with Crippen LogP contribution >= 0.6 is 22.6 Å². The summed E-state index contributed by atoms with van der Waals surface area (Å²) in [5, 5.41) is 0. The van der Waals surface area contributed by atoms with Crippen molar-refractivity contribution < 1.29 is 48.3 Å². The molecule has 0 aromatic carbocycles. The number of rotatable bonds is 13. The lowest BCUT2D eigenvalue weighted by Gasteiger charge is -2.41. The molecule has 0 saturated carbocycles. The van der Waals surface area contributed by atoms with E-state index in [4.69, 9.17) is 0 Å². The lowest BCUT2D eigenvalue weighted by molar-refractivity contribution is -0.426. The number of hydrogen-bond acceptors (Lipinski definition) is 0. The Morgan fingerprint density at radius 2 is 1.07 bits per heavy atom. The van der Waals surface area contributed by atoms with Gasteiger partial charge < -0.3 is 0 Å². The monoisotopic (exact) mass is 564 g/mol. The van der Waals surface area contributed by atoms with Crippen LogP contribution in [0.15, 0.2) is 0 Å². The first-order valence-corrected chi connectivity index (χ1v) is 10.4. The molecule has 12 heteroatoms. The summed E-state index contributed by atoms with van der Waals surface area (Å²) in [5.74, 6) is -29.9. The summed E-state index contributed by atoms with van der Waals surface area (Å²) in [7, 11) is 0. The molecule has 0 aliphatic heterocycles. The Bertz CT molecular complexity index is 488. The highest BCUT2D eigenvalue weighted by molar-refractivity contribution is 14.1. The Hall–Kier alpha value is -0.0400. The Balaban J connectivity index is 5.51. The molecule has 176 valence electrons. The van der Waals surface area contributed by atoms with Crippen molar-refractivity contribution in [1.82, 2.24) is 0 Å². The van der Waals surface area contributed by atoms with Gasteiger partial charge in [-0.05, 0) is 12.8 Å². The topological polar surface area (TPSA) is 0 Å². The van der Waals surface area contributed by atoms with Crippen LogP contribution in [-0.2, 0) is 0 Å². The summed E-state index contributed by atoms with van der Waals surface area (Å²) in [6.45, 7) is 2.93. The Morgan fingerprint density at radius 3 is 1.48 bits per heavy atom. The summed E-state index contributed by atoms with van der Waals surface area (Å²) in [6.07, 6.45) is -3.63. The maximum Gasteiger partial charge on any atom is 0.460 e. The first-order chi connectivity index (χ1) is 12.9. The standard InChI is InChI=1S/C17H24F11I/c1-3-5-6-7-8-9-10-12(29)11(4-2)13(18,19)14(20,21)15(22,23)16(24,25)17(26,27)28/h11-12H,3-10H2,1-2H3. The molecule has 0 amide bonds. The van der Waals surface area contributed by atoms with Crippen LogP contribution in [0.2, 0.25) is 0 Å². The zero-order valence-corrected chi connectivity index (χ0v) is 18.0. The maximum atomic E-state index is 14.3. The third-order valence-corrected chi connectivity index (χ3v) is 6.23. The molecule has 0 fully saturated rings. The quantitative estimate of drug-likeness (QED) is 0.0910. The maximum absolute atomic E-state index is 14.3. The SMILES string of the molecule is CCCCCCCCC(I)C(CC)C(F)(F)C(F)(F)C(F)(F)C(F)(F)C(F)(F)F. The van der Waals surface area contributed by atoms with Crippen molar-refractivity contribution in [2.24, 2.45) is 5.92 Å². The fourth-order valence-corrected chi connectivity index (χ4v) is 4.28. The lowest BCUT2D eigenvalue weighted by Crippen LogP contribution is -2.68. The lowest BCUT2D eigenvalue weighted by atomic mass is 9.84. The predicted molar refractivity (Wildman–Crippen MR) is 95.4 cm³/mol. The molecular formula is C17H24F11I. The van der Waals surface area contributed by atoms with E-state index in [9.17, 15) is 48.3 Å². The summed E-state index contributed by atoms with van der Waals surface area (Å²) in [6, 6.07) is 0. The molecule has 0 saturated heterocycles. The first-order valence-electron chi connectivity index (χ1n) is 9.15. The van der Waals surface area contributed by atoms with E-state index >= 15 is 0 Å². The predicted octanol–water partition coefficient (Wildman–Crippen LogP) is 8.67. The van der Waals surface area contributed by atoms with Gasteiger partial charge >= 0.3 is 29.9 Å². The molecular weight excluding hydrogens is 540 g/mol. The van der Waals surface area contributed by atoms with Crippen molar-refractivity contribution in [3.05, 3.63) is 0 Å². The van der Waals surface area contributed by atoms with Gasteiger partial charge in [-0.1, -0.05) is 75.0 Å². The van der Waals surface area contributed by atoms with Crippen LogP contribution < -0.4 is 0 Å². The smallest absolute Gasteiger partial charge is 0.199 e. The van der Waals surface area contributed by atoms with Crippen LogP contribution in [-0.4, -0.2) is 33.8 Å². The second kappa shape index (κ2) is 10.5. The second-order valence-corrected chi connectivity index (χ2v) is 8.53. The van der Waals surface area contributed by atoms with Crippen LogP contribution in [0.1, 0.15) is 65.2 Å². The summed E-state index contributed by atoms with van der Waals surface area (Å²) in [4.78, 5) is 0. The zero-order valence-electron chi connectivity index (χ0n) is 15.8. The molecule has 0 aromatic rings. The molecule has 2 unspecified atom stereocenters. The van der Waals surface area contributed by atoms with Crippen LogP contribution in [0.5, 0.6) is 0 Å². The van der Waals surface area contributed by atoms with Gasteiger partial charge in [0.25, 0.3) is 0 Å². The molecule has 0 aliphatic rings. The van der Waals surface area contributed by atoms with Gasteiger partial charge in [0, 0.05) is 9.84 Å². The number of hydrogen-bond donors (Lipinski definition) is 0. The van der Waals surface area contributed by atoms with Gasteiger partial charge in [-0.25, -0.2) is 0 Å². The minimum atomic E-state index is -7.33. The number of halogens is 12. The van der Waals surface area contributed by atoms with Gasteiger partial charge in [-0.3, -0.25) is 0 Å². The van der Waals surface area contributed by atoms with Gasteiger partial charge in [-0.2, -0.15) is 48.3 Å². The van der Waals surface area contributed by atoms with E-state index in [1.54, 1.807) is 0 Å². The Morgan fingerprint density at radius 1 is 0.621 bits per heavy atom. The fourth-order valence-electron chi connectivity index (χ4n) is 2.88. The molecule has 0 aromatic heterocycles. The van der Waals surface area contributed by atoms with Gasteiger partial charge in [0.05, 0.1) is 0 Å². The van der Waals surface area contributed by atoms with E-state index in [2.05, 4.69) is 0 Å². The van der Waals surface area contributed by atoms with Crippen molar-refractivity contribution in [2.75, 3.05) is 0 Å². The van der Waals surface area contributed by atoms with Crippen molar-refractivity contribution in [3.8, 4) is 0 Å². The van der Waals surface area contributed by atoms with Crippen molar-refractivity contribution >= 4 is 22.6 Å². The molecule has 0 heterocycles. The summed E-state index contributed by atoms with van der Waals surface area (Å²) in [5.41, 5.74) is 0. The van der Waals surface area contributed by atoms with E-state index in [1.807, 2.05) is 6.92 Å². The number of alkyl halides is 12. The normalized spacial score (nSPS) is 16.8. The molecule has 0 rings (SSSR count). The average Bonchev–Trinajstić information content (AvgIpc) is 2.56. The minimum absolute atomic E-state index is 0.0852. The Kier molecular flexibility index (Phi) is 10.5. The average molecular weight is 564 g/mol. The largest absolute Gasteiger partial charge is 0.460 e. The van der Waals surface area contributed by atoms with Crippen LogP contribution in [0.25, 0.3) is 0 Å². The molecule has 0 aliphatic carbocycles. The highest BCUT2D eigenvalue weighted by Gasteiger charge is 2.87. The second-order valence-electron chi connectivity index (χ2n) is 6.93. The van der Waals surface area contributed by atoms with E-state index in [1.165, 1.54) is 22.6 Å². The Labute approximate surface area is 176 Å². The van der Waals surface area contributed by atoms with Crippen LogP contribution in [0, 0.1) is 5.92 Å². The van der Waals surface area contributed by atoms with E-state index in [-0.39, 0.29) is 6.42 Å². The first kappa shape index (κ1) is 29.0. The molecule has 0 N–H and O–H groups in total. The van der Waals surface area contributed by atoms with Gasteiger partial charge in [0.1, 0.15) is 0 Å². The van der Waals surface area contributed by atoms with Gasteiger partial charge in [0.2, 0.25) is 0 Å². The number of unbranched alkanes of at least 4 members (excludes halogenated alkanes) is 5. The van der Waals surface area contributed by atoms with E-state index in [0.717, 1.165) is 32.6 Å². The minimum Gasteiger partial charge on any atom is -0.199 e. The highest BCUT2D eigenvalue weighted by atomic mass is 127. The molecule has 0 bridgehead atoms. The molecule has 0 radical (unpaired) electrons. The molecule has 0 nitrogen and oxygen atoms in total. The third-order valence-electron chi connectivity index (χ3n) is 4.74. The van der Waals surface area contributed by atoms with Crippen molar-refractivity contribution in [2.45, 2.75) is 99.0 Å². The molecule has 0 spiro atoms. The van der Waals surface area contributed by atoms with Crippen molar-refractivity contribution in [1.29, 1.82) is 0 Å². The zero-order chi connectivity index (χ0) is 23.3. The van der Waals surface area contributed by atoms with Crippen LogP contribution in [0.4, 0.5) is 48.3 Å². The van der Waals surface area contributed by atoms with Gasteiger partial charge in [0.15, 0.2) is 0 Å².